The van der Waals surface area contributed by atoms with Gasteiger partial charge in [0.2, 0.25) is 0 Å². The lowest BCUT2D eigenvalue weighted by Gasteiger charge is -2.22. The van der Waals surface area contributed by atoms with Gasteiger partial charge in [-0.1, -0.05) is 42.5 Å². The summed E-state index contributed by atoms with van der Waals surface area (Å²) in [6.45, 7) is 1.80. The van der Waals surface area contributed by atoms with Crippen molar-refractivity contribution in [3.05, 3.63) is 100 Å². The molecule has 0 bridgehead atoms. The number of benzene rings is 3. The molecule has 30 heavy (non-hydrogen) atoms. The molecule has 1 unspecified atom stereocenters. The van der Waals surface area contributed by atoms with Crippen molar-refractivity contribution in [2.75, 3.05) is 9.80 Å². The van der Waals surface area contributed by atoms with Gasteiger partial charge in [-0.2, -0.15) is 0 Å². The van der Waals surface area contributed by atoms with Crippen molar-refractivity contribution in [1.29, 1.82) is 0 Å². The number of hydrogen-bond donors (Lipinski definition) is 0. The van der Waals surface area contributed by atoms with Crippen LogP contribution in [0.25, 0.3) is 0 Å². The van der Waals surface area contributed by atoms with Crippen molar-refractivity contribution < 1.29 is 9.72 Å². The number of anilines is 2. The Morgan fingerprint density at radius 1 is 0.900 bits per heavy atom. The number of hydrogen-bond acceptors (Lipinski definition) is 4. The predicted molar refractivity (Wildman–Crippen MR) is 121 cm³/mol. The molecule has 3 aromatic carbocycles. The molecule has 3 aromatic rings. The fourth-order valence-electron chi connectivity index (χ4n) is 3.57. The Morgan fingerprint density at radius 2 is 1.47 bits per heavy atom. The molecular formula is C23H19N3O3S. The zero-order chi connectivity index (χ0) is 21.3. The van der Waals surface area contributed by atoms with E-state index < -0.39 is 11.0 Å². The van der Waals surface area contributed by atoms with Gasteiger partial charge in [0.25, 0.3) is 11.6 Å². The molecule has 6 nitrogen and oxygen atoms in total. The van der Waals surface area contributed by atoms with Crippen molar-refractivity contribution in [2.45, 2.75) is 19.4 Å². The van der Waals surface area contributed by atoms with Gasteiger partial charge in [0.1, 0.15) is 6.04 Å². The van der Waals surface area contributed by atoms with E-state index >= 15 is 0 Å². The third-order valence-electron chi connectivity index (χ3n) is 5.15. The van der Waals surface area contributed by atoms with Gasteiger partial charge >= 0.3 is 0 Å². The standard InChI is InChI=1S/C23H19N3O3S/c1-16-22(27)25(20-11-13-21(14-12-20)26(28)29)23(30)24(16)19-9-7-18(8-10-19)15-17-5-3-2-4-6-17/h2-14,16H,15H2,1H3. The Hall–Kier alpha value is -3.58. The van der Waals surface area contributed by atoms with Crippen LogP contribution >= 0.6 is 12.2 Å². The van der Waals surface area contributed by atoms with Crippen LogP contribution < -0.4 is 9.80 Å². The molecule has 0 N–H and O–H groups in total. The Kier molecular flexibility index (Phi) is 5.29. The van der Waals surface area contributed by atoms with Gasteiger partial charge in [-0.15, -0.1) is 0 Å². The number of non-ortho nitro benzene ring substituents is 1. The molecule has 7 heteroatoms. The largest absolute Gasteiger partial charge is 0.306 e. The number of thiocarbonyl (C=S) groups is 1. The van der Waals surface area contributed by atoms with E-state index in [0.717, 1.165) is 12.1 Å². The molecule has 1 amide bonds. The minimum Gasteiger partial charge on any atom is -0.306 e. The third-order valence-corrected chi connectivity index (χ3v) is 5.53. The Bertz CT molecular complexity index is 1100. The lowest BCUT2D eigenvalue weighted by molar-refractivity contribution is -0.384. The number of carbonyl (C=O) groups is 1. The van der Waals surface area contributed by atoms with Gasteiger partial charge in [0.15, 0.2) is 5.11 Å². The number of nitro groups is 1. The smallest absolute Gasteiger partial charge is 0.269 e. The second-order valence-electron chi connectivity index (χ2n) is 7.10. The van der Waals surface area contributed by atoms with Gasteiger partial charge in [-0.3, -0.25) is 19.8 Å². The maximum absolute atomic E-state index is 12.9. The minimum atomic E-state index is -0.472. The fourth-order valence-corrected chi connectivity index (χ4v) is 4.02. The minimum absolute atomic E-state index is 0.0322. The van der Waals surface area contributed by atoms with Gasteiger partial charge in [0, 0.05) is 17.8 Å². The third kappa shape index (κ3) is 3.67. The normalized spacial score (nSPS) is 16.2. The van der Waals surface area contributed by atoms with Crippen molar-refractivity contribution in [1.82, 2.24) is 0 Å². The van der Waals surface area contributed by atoms with E-state index in [0.29, 0.717) is 10.8 Å². The number of nitro benzene ring substituents is 1. The molecule has 0 aromatic heterocycles. The van der Waals surface area contributed by atoms with E-state index in [1.807, 2.05) is 47.4 Å². The summed E-state index contributed by atoms with van der Waals surface area (Å²) in [5, 5.41) is 11.2. The summed E-state index contributed by atoms with van der Waals surface area (Å²) in [5.74, 6) is -0.165. The highest BCUT2D eigenvalue weighted by atomic mass is 32.1. The number of nitrogens with zero attached hydrogens (tertiary/aromatic N) is 3. The molecule has 0 radical (unpaired) electrons. The van der Waals surface area contributed by atoms with Gasteiger partial charge in [-0.25, -0.2) is 0 Å². The molecule has 4 rings (SSSR count). The average Bonchev–Trinajstić information content (AvgIpc) is 2.98. The Morgan fingerprint density at radius 3 is 2.07 bits per heavy atom. The molecule has 1 heterocycles. The zero-order valence-electron chi connectivity index (χ0n) is 16.3. The van der Waals surface area contributed by atoms with Crippen molar-refractivity contribution >= 4 is 40.3 Å². The molecule has 1 aliphatic heterocycles. The van der Waals surface area contributed by atoms with Crippen LogP contribution in [0.1, 0.15) is 18.1 Å². The number of carbonyl (C=O) groups excluding carboxylic acids is 1. The first-order chi connectivity index (χ1) is 14.5. The van der Waals surface area contributed by atoms with Crippen LogP contribution in [-0.2, 0) is 11.2 Å². The molecule has 1 saturated heterocycles. The summed E-state index contributed by atoms with van der Waals surface area (Å²) >= 11 is 5.60. The Balaban J connectivity index is 1.56. The number of rotatable bonds is 5. The van der Waals surface area contributed by atoms with E-state index in [9.17, 15) is 14.9 Å². The van der Waals surface area contributed by atoms with Gasteiger partial charge in [-0.05, 0) is 61.0 Å². The first kappa shape index (κ1) is 19.7. The summed E-state index contributed by atoms with van der Waals surface area (Å²) in [5.41, 5.74) is 3.72. The second kappa shape index (κ2) is 8.04. The van der Waals surface area contributed by atoms with E-state index in [1.54, 1.807) is 19.1 Å². The molecular weight excluding hydrogens is 398 g/mol. The van der Waals surface area contributed by atoms with Gasteiger partial charge < -0.3 is 4.90 Å². The van der Waals surface area contributed by atoms with Crippen LogP contribution in [-0.4, -0.2) is 22.0 Å². The van der Waals surface area contributed by atoms with Crippen LogP contribution in [0.2, 0.25) is 0 Å². The summed E-state index contributed by atoms with van der Waals surface area (Å²) in [7, 11) is 0. The maximum Gasteiger partial charge on any atom is 0.269 e. The van der Waals surface area contributed by atoms with Crippen LogP contribution in [0, 0.1) is 10.1 Å². The zero-order valence-corrected chi connectivity index (χ0v) is 17.1. The molecule has 0 spiro atoms. The maximum atomic E-state index is 12.9. The van der Waals surface area contributed by atoms with Gasteiger partial charge in [0.05, 0.1) is 10.6 Å². The SMILES string of the molecule is CC1C(=O)N(c2ccc([N+](=O)[O-])cc2)C(=S)N1c1ccc(Cc2ccccc2)cc1. The topological polar surface area (TPSA) is 66.7 Å². The fraction of sp³-hybridized carbons (Fsp3) is 0.130. The molecule has 0 aliphatic carbocycles. The average molecular weight is 417 g/mol. The molecule has 1 fully saturated rings. The summed E-state index contributed by atoms with van der Waals surface area (Å²) in [4.78, 5) is 26.5. The van der Waals surface area contributed by atoms with Crippen LogP contribution in [0.15, 0.2) is 78.9 Å². The van der Waals surface area contributed by atoms with Crippen molar-refractivity contribution in [3.63, 3.8) is 0 Å². The summed E-state index contributed by atoms with van der Waals surface area (Å²) < 4.78 is 0. The molecule has 150 valence electrons. The lowest BCUT2D eigenvalue weighted by Crippen LogP contribution is -2.33. The van der Waals surface area contributed by atoms with E-state index in [2.05, 4.69) is 12.1 Å². The second-order valence-corrected chi connectivity index (χ2v) is 7.47. The molecule has 1 atom stereocenters. The highest BCUT2D eigenvalue weighted by Gasteiger charge is 2.41. The predicted octanol–water partition coefficient (Wildman–Crippen LogP) is 4.71. The van der Waals surface area contributed by atoms with Crippen molar-refractivity contribution in [3.8, 4) is 0 Å². The summed E-state index contributed by atoms with van der Waals surface area (Å²) in [6.07, 6.45) is 0.828. The van der Waals surface area contributed by atoms with Crippen LogP contribution in [0.4, 0.5) is 17.1 Å². The van der Waals surface area contributed by atoms with Crippen molar-refractivity contribution in [2.24, 2.45) is 0 Å². The highest BCUT2D eigenvalue weighted by molar-refractivity contribution is 7.81. The van der Waals surface area contributed by atoms with E-state index in [1.165, 1.54) is 28.2 Å². The van der Waals surface area contributed by atoms with Crippen LogP contribution in [0.3, 0.4) is 0 Å². The van der Waals surface area contributed by atoms with E-state index in [-0.39, 0.29) is 11.6 Å². The molecule has 1 aliphatic rings. The lowest BCUT2D eigenvalue weighted by atomic mass is 10.0. The quantitative estimate of drug-likeness (QED) is 0.342. The first-order valence-electron chi connectivity index (χ1n) is 9.50. The monoisotopic (exact) mass is 417 g/mol. The first-order valence-corrected chi connectivity index (χ1v) is 9.91. The van der Waals surface area contributed by atoms with E-state index in [4.69, 9.17) is 12.2 Å². The number of amides is 1. The summed E-state index contributed by atoms with van der Waals surface area (Å²) in [6, 6.07) is 23.6. The molecule has 0 saturated carbocycles. The highest BCUT2D eigenvalue weighted by Crippen LogP contribution is 2.31. The Labute approximate surface area is 179 Å². The van der Waals surface area contributed by atoms with Crippen LogP contribution in [0.5, 0.6) is 0 Å².